The summed E-state index contributed by atoms with van der Waals surface area (Å²) in [4.78, 5) is 38.5. The zero-order chi connectivity index (χ0) is 32.6. The topological polar surface area (TPSA) is 138 Å². The Morgan fingerprint density at radius 1 is 1.15 bits per heavy atom. The fourth-order valence-electron chi connectivity index (χ4n) is 6.60. The molecular formula is C32H39ClFN9O3. The van der Waals surface area contributed by atoms with Crippen LogP contribution in [0.3, 0.4) is 0 Å². The third-order valence-electron chi connectivity index (χ3n) is 9.07. The molecule has 1 saturated carbocycles. The molecule has 6 rings (SSSR count). The number of halogens is 2. The van der Waals surface area contributed by atoms with Gasteiger partial charge in [0.1, 0.15) is 23.8 Å². The third-order valence-corrected chi connectivity index (χ3v) is 9.31. The van der Waals surface area contributed by atoms with Gasteiger partial charge in [0.05, 0.1) is 23.4 Å². The van der Waals surface area contributed by atoms with Crippen molar-refractivity contribution < 1.29 is 18.7 Å². The molecule has 2 saturated heterocycles. The van der Waals surface area contributed by atoms with Crippen molar-refractivity contribution in [2.75, 3.05) is 48.8 Å². The van der Waals surface area contributed by atoms with Gasteiger partial charge in [0.25, 0.3) is 0 Å². The van der Waals surface area contributed by atoms with Gasteiger partial charge in [0.2, 0.25) is 5.91 Å². The molecule has 3 aromatic rings. The van der Waals surface area contributed by atoms with Gasteiger partial charge in [-0.05, 0) is 64.3 Å². The first kappa shape index (κ1) is 32.0. The van der Waals surface area contributed by atoms with Crippen LogP contribution in [-0.2, 0) is 14.3 Å². The van der Waals surface area contributed by atoms with Gasteiger partial charge < -0.3 is 25.6 Å². The predicted octanol–water partition coefficient (Wildman–Crippen LogP) is 4.26. The van der Waals surface area contributed by atoms with Crippen molar-refractivity contribution in [3.63, 3.8) is 0 Å². The first-order valence-electron chi connectivity index (χ1n) is 15.6. The maximum Gasteiger partial charge on any atom is 0.313 e. The highest BCUT2D eigenvalue weighted by Crippen LogP contribution is 2.36. The number of piperazine rings is 1. The minimum Gasteiger partial charge on any atom is -0.465 e. The molecule has 1 aliphatic carbocycles. The van der Waals surface area contributed by atoms with Crippen LogP contribution in [-0.4, -0.2) is 88.4 Å². The fourth-order valence-corrected chi connectivity index (χ4v) is 6.77. The second-order valence-electron chi connectivity index (χ2n) is 13.0. The Morgan fingerprint density at radius 2 is 1.89 bits per heavy atom. The molecular weight excluding hydrogens is 613 g/mol. The van der Waals surface area contributed by atoms with Crippen LogP contribution < -0.4 is 20.9 Å². The van der Waals surface area contributed by atoms with Gasteiger partial charge >= 0.3 is 5.97 Å². The summed E-state index contributed by atoms with van der Waals surface area (Å²) < 4.78 is 20.0. The Bertz CT molecular complexity index is 1610. The van der Waals surface area contributed by atoms with Crippen LogP contribution in [0.15, 0.2) is 36.7 Å². The maximum absolute atomic E-state index is 14.8. The van der Waals surface area contributed by atoms with Crippen LogP contribution in [0.2, 0.25) is 5.02 Å². The molecule has 12 nitrogen and oxygen atoms in total. The standard InChI is InChI=1S/C32H39ClFN9O3/c1-18-14-43(15-19(2)37-18)22-9-20(10-22)30(44)39-28-13-27(35-17-36-28)38-26-12-25(23-11-21(33)5-6-24(23)34)40-41-29(26)42(4)16-32(3)7-8-46-31(32)45/h5-6,11-13,17-20,22,37H,7-10,14-16H2,1-4H3,(H2,35,36,38,39,40,44)/t18?,19?,20-,22-,32?. The molecule has 46 heavy (non-hydrogen) atoms. The monoisotopic (exact) mass is 651 g/mol. The normalized spacial score (nSPS) is 26.3. The van der Waals surface area contributed by atoms with E-state index in [0.29, 0.717) is 65.9 Å². The smallest absolute Gasteiger partial charge is 0.313 e. The Kier molecular flexibility index (Phi) is 9.08. The van der Waals surface area contributed by atoms with Crippen LogP contribution in [0.4, 0.5) is 27.5 Å². The number of hydrogen-bond acceptors (Lipinski definition) is 11. The summed E-state index contributed by atoms with van der Waals surface area (Å²) in [5.74, 6) is 0.220. The van der Waals surface area contributed by atoms with Crippen molar-refractivity contribution in [1.82, 2.24) is 30.4 Å². The predicted molar refractivity (Wildman–Crippen MR) is 173 cm³/mol. The molecule has 14 heteroatoms. The van der Waals surface area contributed by atoms with E-state index in [1.165, 1.54) is 24.5 Å². The summed E-state index contributed by atoms with van der Waals surface area (Å²) in [6, 6.07) is 8.77. The molecule has 3 atom stereocenters. The van der Waals surface area contributed by atoms with Crippen molar-refractivity contribution in [2.45, 2.75) is 58.2 Å². The summed E-state index contributed by atoms with van der Waals surface area (Å²) in [5.41, 5.74) is 0.170. The van der Waals surface area contributed by atoms with E-state index in [1.807, 2.05) is 6.92 Å². The van der Waals surface area contributed by atoms with Crippen molar-refractivity contribution in [3.8, 4) is 11.3 Å². The molecule has 3 unspecified atom stereocenters. The largest absolute Gasteiger partial charge is 0.465 e. The highest BCUT2D eigenvalue weighted by molar-refractivity contribution is 6.30. The molecule has 4 heterocycles. The van der Waals surface area contributed by atoms with Gasteiger partial charge in [0.15, 0.2) is 5.82 Å². The summed E-state index contributed by atoms with van der Waals surface area (Å²) in [6.07, 6.45) is 3.56. The number of ether oxygens (including phenoxy) is 1. The number of benzene rings is 1. The molecule has 0 bridgehead atoms. The van der Waals surface area contributed by atoms with Gasteiger partial charge in [-0.3, -0.25) is 14.5 Å². The number of amides is 1. The minimum atomic E-state index is -0.723. The maximum atomic E-state index is 14.8. The highest BCUT2D eigenvalue weighted by Gasteiger charge is 2.42. The van der Waals surface area contributed by atoms with Gasteiger partial charge in [-0.25, -0.2) is 14.4 Å². The van der Waals surface area contributed by atoms with Crippen LogP contribution in [0, 0.1) is 17.2 Å². The van der Waals surface area contributed by atoms with E-state index < -0.39 is 11.2 Å². The lowest BCUT2D eigenvalue weighted by molar-refractivity contribution is -0.145. The molecule has 0 spiro atoms. The Hall–Kier alpha value is -3.94. The van der Waals surface area contributed by atoms with Crippen molar-refractivity contribution in [3.05, 3.63) is 47.5 Å². The number of esters is 1. The average molecular weight is 652 g/mol. The minimum absolute atomic E-state index is 0.0708. The molecule has 3 N–H and O–H groups in total. The van der Waals surface area contributed by atoms with Crippen LogP contribution in [0.5, 0.6) is 0 Å². The van der Waals surface area contributed by atoms with Crippen LogP contribution in [0.1, 0.15) is 40.0 Å². The summed E-state index contributed by atoms with van der Waals surface area (Å²) in [5, 5.41) is 18.8. The first-order valence-corrected chi connectivity index (χ1v) is 16.0. The zero-order valence-corrected chi connectivity index (χ0v) is 27.1. The van der Waals surface area contributed by atoms with E-state index >= 15 is 0 Å². The zero-order valence-electron chi connectivity index (χ0n) is 26.4. The van der Waals surface area contributed by atoms with Gasteiger partial charge in [-0.2, -0.15) is 0 Å². The number of rotatable bonds is 9. The SMILES string of the molecule is CC1CN([C@H]2C[C@H](C(=O)Nc3cc(Nc4cc(-c5cc(Cl)ccc5F)nnc4N(C)CC4(C)CCOC4=O)ncn3)C2)CC(C)N1. The van der Waals surface area contributed by atoms with Crippen molar-refractivity contribution in [1.29, 1.82) is 0 Å². The average Bonchev–Trinajstić information content (AvgIpc) is 3.30. The van der Waals surface area contributed by atoms with Crippen LogP contribution >= 0.6 is 11.6 Å². The van der Waals surface area contributed by atoms with E-state index in [9.17, 15) is 14.0 Å². The van der Waals surface area contributed by atoms with Gasteiger partial charge in [0, 0.05) is 67.4 Å². The van der Waals surface area contributed by atoms with Gasteiger partial charge in [-0.1, -0.05) is 11.6 Å². The molecule has 1 amide bonds. The van der Waals surface area contributed by atoms with E-state index in [0.717, 1.165) is 25.9 Å². The quantitative estimate of drug-likeness (QED) is 0.286. The Balaban J connectivity index is 1.19. The molecule has 1 aromatic carbocycles. The number of carbonyl (C=O) groups is 2. The third kappa shape index (κ3) is 6.91. The number of nitrogens with zero attached hydrogens (tertiary/aromatic N) is 6. The fraction of sp³-hybridized carbons (Fsp3) is 0.500. The molecule has 2 aromatic heterocycles. The van der Waals surface area contributed by atoms with Crippen LogP contribution in [0.25, 0.3) is 11.3 Å². The van der Waals surface area contributed by atoms with E-state index in [1.54, 1.807) is 24.1 Å². The lowest BCUT2D eigenvalue weighted by atomic mass is 9.78. The van der Waals surface area contributed by atoms with Crippen molar-refractivity contribution in [2.24, 2.45) is 11.3 Å². The molecule has 244 valence electrons. The van der Waals surface area contributed by atoms with Gasteiger partial charge in [-0.15, -0.1) is 10.2 Å². The molecule has 3 aliphatic rings. The Labute approximate surface area is 272 Å². The highest BCUT2D eigenvalue weighted by atomic mass is 35.5. The second-order valence-corrected chi connectivity index (χ2v) is 13.5. The van der Waals surface area contributed by atoms with E-state index in [4.69, 9.17) is 16.3 Å². The second kappa shape index (κ2) is 13.0. The first-order chi connectivity index (χ1) is 22.0. The number of aromatic nitrogens is 4. The number of cyclic esters (lactones) is 1. The number of nitrogens with one attached hydrogen (secondary N) is 3. The van der Waals surface area contributed by atoms with E-state index in [-0.39, 0.29) is 29.1 Å². The number of carbonyl (C=O) groups excluding carboxylic acids is 2. The lowest BCUT2D eigenvalue weighted by Crippen LogP contribution is -2.60. The number of anilines is 4. The number of hydrogen-bond donors (Lipinski definition) is 3. The molecule has 2 aliphatic heterocycles. The Morgan fingerprint density at radius 3 is 2.61 bits per heavy atom. The van der Waals surface area contributed by atoms with Crippen molar-refractivity contribution >= 4 is 46.6 Å². The van der Waals surface area contributed by atoms with E-state index in [2.05, 4.69) is 54.9 Å². The lowest BCUT2D eigenvalue weighted by Gasteiger charge is -2.47. The summed E-state index contributed by atoms with van der Waals surface area (Å²) >= 11 is 6.16. The molecule has 3 fully saturated rings. The summed E-state index contributed by atoms with van der Waals surface area (Å²) in [6.45, 7) is 8.89. The molecule has 0 radical (unpaired) electrons. The summed E-state index contributed by atoms with van der Waals surface area (Å²) in [7, 11) is 1.80.